The summed E-state index contributed by atoms with van der Waals surface area (Å²) in [6.45, 7) is 4.55. The summed E-state index contributed by atoms with van der Waals surface area (Å²) in [6.07, 6.45) is 14.5. The first-order valence-electron chi connectivity index (χ1n) is 9.66. The highest BCUT2D eigenvalue weighted by molar-refractivity contribution is 5.73. The zero-order chi connectivity index (χ0) is 16.3. The van der Waals surface area contributed by atoms with Crippen LogP contribution in [0.2, 0.25) is 0 Å². The summed E-state index contributed by atoms with van der Waals surface area (Å²) in [6, 6.07) is 8.88. The van der Waals surface area contributed by atoms with Crippen molar-refractivity contribution in [3.63, 3.8) is 0 Å². The Bertz CT molecular complexity index is 547. The molecule has 23 heavy (non-hydrogen) atoms. The summed E-state index contributed by atoms with van der Waals surface area (Å²) in [5.74, 6) is 0. The monoisotopic (exact) mass is 315 g/mol. The minimum absolute atomic E-state index is 0.515. The molecule has 1 atom stereocenters. The Kier molecular flexibility index (Phi) is 8.13. The molecule has 0 saturated heterocycles. The van der Waals surface area contributed by atoms with E-state index in [4.69, 9.17) is 0 Å². The summed E-state index contributed by atoms with van der Waals surface area (Å²) in [5, 5.41) is 8.83. The second kappa shape index (κ2) is 10.4. The number of hydrogen-bond donors (Lipinski definition) is 0. The normalized spacial score (nSPS) is 12.8. The molecule has 2 rings (SSSR count). The minimum Gasteiger partial charge on any atom is -0.242 e. The molecule has 1 aromatic heterocycles. The van der Waals surface area contributed by atoms with Crippen LogP contribution in [0.4, 0.5) is 0 Å². The van der Waals surface area contributed by atoms with Crippen LogP contribution in [-0.4, -0.2) is 15.0 Å². The number of rotatable bonds is 12. The van der Waals surface area contributed by atoms with Crippen molar-refractivity contribution < 1.29 is 0 Å². The highest BCUT2D eigenvalue weighted by Crippen LogP contribution is 2.26. The molecule has 0 bridgehead atoms. The number of unbranched alkanes of at least 4 members (excludes halogenated alkanes) is 7. The highest BCUT2D eigenvalue weighted by atomic mass is 15.4. The molecule has 3 heteroatoms. The first-order chi connectivity index (χ1) is 11.4. The molecule has 1 heterocycles. The van der Waals surface area contributed by atoms with Gasteiger partial charge in [-0.05, 0) is 25.0 Å². The van der Waals surface area contributed by atoms with Crippen LogP contribution in [0.15, 0.2) is 24.3 Å². The van der Waals surface area contributed by atoms with E-state index >= 15 is 0 Å². The summed E-state index contributed by atoms with van der Waals surface area (Å²) in [4.78, 5) is 0. The van der Waals surface area contributed by atoms with Crippen LogP contribution in [0, 0.1) is 0 Å². The zero-order valence-corrected chi connectivity index (χ0v) is 15.0. The topological polar surface area (TPSA) is 30.7 Å². The molecule has 0 aliphatic carbocycles. The predicted molar refractivity (Wildman–Crippen MR) is 98.7 cm³/mol. The van der Waals surface area contributed by atoms with Crippen LogP contribution in [0.5, 0.6) is 0 Å². The Balaban J connectivity index is 1.97. The average molecular weight is 316 g/mol. The lowest BCUT2D eigenvalue weighted by Crippen LogP contribution is -2.11. The van der Waals surface area contributed by atoms with Crippen LogP contribution < -0.4 is 0 Å². The van der Waals surface area contributed by atoms with E-state index in [0.29, 0.717) is 6.04 Å². The number of aromatic nitrogens is 3. The molecule has 0 saturated carbocycles. The molecule has 0 aliphatic rings. The van der Waals surface area contributed by atoms with E-state index in [1.54, 1.807) is 0 Å². The van der Waals surface area contributed by atoms with Gasteiger partial charge in [0, 0.05) is 0 Å². The highest BCUT2D eigenvalue weighted by Gasteiger charge is 2.15. The van der Waals surface area contributed by atoms with Crippen molar-refractivity contribution >= 4 is 11.0 Å². The van der Waals surface area contributed by atoms with Gasteiger partial charge in [-0.2, -0.15) is 0 Å². The maximum Gasteiger partial charge on any atom is 0.113 e. The Labute approximate surface area is 141 Å². The van der Waals surface area contributed by atoms with E-state index in [0.717, 1.165) is 5.52 Å². The van der Waals surface area contributed by atoms with Crippen molar-refractivity contribution in [2.24, 2.45) is 0 Å². The van der Waals surface area contributed by atoms with Gasteiger partial charge in [0.15, 0.2) is 0 Å². The van der Waals surface area contributed by atoms with Crippen LogP contribution in [-0.2, 0) is 0 Å². The van der Waals surface area contributed by atoms with Gasteiger partial charge in [0.25, 0.3) is 0 Å². The average Bonchev–Trinajstić information content (AvgIpc) is 3.00. The first-order valence-corrected chi connectivity index (χ1v) is 9.66. The molecule has 1 aromatic carbocycles. The molecular formula is C20H33N3. The summed E-state index contributed by atoms with van der Waals surface area (Å²) >= 11 is 0. The van der Waals surface area contributed by atoms with Crippen molar-refractivity contribution in [2.45, 2.75) is 90.5 Å². The van der Waals surface area contributed by atoms with Gasteiger partial charge in [0.2, 0.25) is 0 Å². The second-order valence-corrected chi connectivity index (χ2v) is 6.73. The van der Waals surface area contributed by atoms with Crippen molar-refractivity contribution in [2.75, 3.05) is 0 Å². The fourth-order valence-electron chi connectivity index (χ4n) is 3.34. The summed E-state index contributed by atoms with van der Waals surface area (Å²) in [7, 11) is 0. The summed E-state index contributed by atoms with van der Waals surface area (Å²) in [5.41, 5.74) is 2.22. The van der Waals surface area contributed by atoms with Gasteiger partial charge in [0.1, 0.15) is 5.52 Å². The minimum atomic E-state index is 0.515. The van der Waals surface area contributed by atoms with E-state index in [1.165, 1.54) is 76.1 Å². The molecule has 0 N–H and O–H groups in total. The van der Waals surface area contributed by atoms with E-state index in [2.05, 4.69) is 47.0 Å². The third-order valence-electron chi connectivity index (χ3n) is 4.76. The molecule has 128 valence electrons. The van der Waals surface area contributed by atoms with E-state index in [1.807, 2.05) is 6.07 Å². The molecule has 0 amide bonds. The van der Waals surface area contributed by atoms with Crippen molar-refractivity contribution in [1.29, 1.82) is 0 Å². The molecular weight excluding hydrogens is 282 g/mol. The quantitative estimate of drug-likeness (QED) is 0.430. The molecule has 2 aromatic rings. The van der Waals surface area contributed by atoms with E-state index < -0.39 is 0 Å². The van der Waals surface area contributed by atoms with Crippen LogP contribution in [0.1, 0.15) is 90.5 Å². The molecule has 0 fully saturated rings. The van der Waals surface area contributed by atoms with Gasteiger partial charge in [-0.25, -0.2) is 4.68 Å². The number of benzene rings is 1. The number of nitrogens with zero attached hydrogens (tertiary/aromatic N) is 3. The van der Waals surface area contributed by atoms with Gasteiger partial charge >= 0.3 is 0 Å². The maximum absolute atomic E-state index is 4.48. The number of hydrogen-bond acceptors (Lipinski definition) is 2. The van der Waals surface area contributed by atoms with Crippen LogP contribution >= 0.6 is 0 Å². The fraction of sp³-hybridized carbons (Fsp3) is 0.700. The SMILES string of the molecule is CCCCCCCC(CCCCCC)n1nnc2ccccc21. The maximum atomic E-state index is 4.48. The standard InChI is InChI=1S/C20H33N3/c1-3-5-7-9-11-15-18(14-10-8-6-4-2)23-20-17-13-12-16-19(20)21-22-23/h12-13,16-18H,3-11,14-15H2,1-2H3. The number of fused-ring (bicyclic) bond motifs is 1. The Morgan fingerprint density at radius 3 is 2.13 bits per heavy atom. The number of para-hydroxylation sites is 1. The summed E-state index contributed by atoms with van der Waals surface area (Å²) < 4.78 is 2.20. The van der Waals surface area contributed by atoms with Crippen molar-refractivity contribution in [1.82, 2.24) is 15.0 Å². The van der Waals surface area contributed by atoms with Gasteiger partial charge < -0.3 is 0 Å². The molecule has 0 radical (unpaired) electrons. The second-order valence-electron chi connectivity index (χ2n) is 6.73. The molecule has 0 spiro atoms. The van der Waals surface area contributed by atoms with Gasteiger partial charge in [-0.3, -0.25) is 0 Å². The Morgan fingerprint density at radius 2 is 1.43 bits per heavy atom. The van der Waals surface area contributed by atoms with Gasteiger partial charge in [-0.15, -0.1) is 5.10 Å². The lowest BCUT2D eigenvalue weighted by Gasteiger charge is -2.18. The lowest BCUT2D eigenvalue weighted by atomic mass is 10.0. The van der Waals surface area contributed by atoms with E-state index in [-0.39, 0.29) is 0 Å². The first kappa shape index (κ1) is 18.0. The third-order valence-corrected chi connectivity index (χ3v) is 4.76. The fourth-order valence-corrected chi connectivity index (χ4v) is 3.34. The van der Waals surface area contributed by atoms with Crippen molar-refractivity contribution in [3.05, 3.63) is 24.3 Å². The molecule has 3 nitrogen and oxygen atoms in total. The zero-order valence-electron chi connectivity index (χ0n) is 15.0. The smallest absolute Gasteiger partial charge is 0.113 e. The lowest BCUT2D eigenvalue weighted by molar-refractivity contribution is 0.369. The predicted octanol–water partition coefficient (Wildman–Crippen LogP) is 6.30. The molecule has 0 aliphatic heterocycles. The van der Waals surface area contributed by atoms with Crippen LogP contribution in [0.3, 0.4) is 0 Å². The van der Waals surface area contributed by atoms with Gasteiger partial charge in [-0.1, -0.05) is 89.0 Å². The third kappa shape index (κ3) is 5.63. The Hall–Kier alpha value is -1.38. The van der Waals surface area contributed by atoms with Crippen molar-refractivity contribution in [3.8, 4) is 0 Å². The Morgan fingerprint density at radius 1 is 0.826 bits per heavy atom. The van der Waals surface area contributed by atoms with Gasteiger partial charge in [0.05, 0.1) is 11.6 Å². The molecule has 1 unspecified atom stereocenters. The largest absolute Gasteiger partial charge is 0.242 e. The van der Waals surface area contributed by atoms with E-state index in [9.17, 15) is 0 Å². The van der Waals surface area contributed by atoms with Crippen LogP contribution in [0.25, 0.3) is 11.0 Å².